The second-order valence-electron chi connectivity index (χ2n) is 7.41. The Morgan fingerprint density at radius 2 is 2.04 bits per heavy atom. The van der Waals surface area contributed by atoms with E-state index >= 15 is 0 Å². The van der Waals surface area contributed by atoms with Gasteiger partial charge in [0.05, 0.1) is 7.11 Å². The third-order valence-electron chi connectivity index (χ3n) is 5.76. The largest absolute Gasteiger partial charge is 0.497 e. The minimum Gasteiger partial charge on any atom is -0.497 e. The maximum Gasteiger partial charge on any atom is 0.256 e. The van der Waals surface area contributed by atoms with Crippen LogP contribution in [0.25, 0.3) is 0 Å². The minimum atomic E-state index is -0.485. The van der Waals surface area contributed by atoms with Crippen molar-refractivity contribution in [2.24, 2.45) is 0 Å². The van der Waals surface area contributed by atoms with Gasteiger partial charge in [0.1, 0.15) is 5.75 Å². The molecule has 1 aromatic rings. The zero-order chi connectivity index (χ0) is 18.6. The Balaban J connectivity index is 1.90. The number of imide groups is 1. The number of allylic oxidation sites excluding steroid dienone is 1. The normalized spacial score (nSPS) is 22.8. The van der Waals surface area contributed by atoms with E-state index in [1.807, 2.05) is 24.3 Å². The molecule has 26 heavy (non-hydrogen) atoms. The first-order valence-corrected chi connectivity index (χ1v) is 9.82. The molecule has 0 spiro atoms. The summed E-state index contributed by atoms with van der Waals surface area (Å²) in [7, 11) is 1.64. The van der Waals surface area contributed by atoms with Gasteiger partial charge in [-0.1, -0.05) is 44.4 Å². The number of benzene rings is 1. The lowest BCUT2D eigenvalue weighted by Crippen LogP contribution is -2.52. The lowest BCUT2D eigenvalue weighted by Gasteiger charge is -2.44. The van der Waals surface area contributed by atoms with E-state index in [4.69, 9.17) is 4.74 Å². The van der Waals surface area contributed by atoms with Crippen molar-refractivity contribution in [1.82, 2.24) is 4.90 Å². The van der Waals surface area contributed by atoms with Gasteiger partial charge in [0, 0.05) is 24.0 Å². The number of carbonyl (C=O) groups is 2. The molecule has 1 saturated heterocycles. The van der Waals surface area contributed by atoms with E-state index in [0.29, 0.717) is 13.0 Å². The van der Waals surface area contributed by atoms with Gasteiger partial charge in [0.15, 0.2) is 0 Å². The van der Waals surface area contributed by atoms with Crippen LogP contribution in [0.4, 0.5) is 0 Å². The summed E-state index contributed by atoms with van der Waals surface area (Å²) in [5.74, 6) is 0.650. The Labute approximate surface area is 156 Å². The smallest absolute Gasteiger partial charge is 0.256 e. The number of carbonyl (C=O) groups excluding carboxylic acids is 2. The molecule has 0 radical (unpaired) electrons. The van der Waals surface area contributed by atoms with E-state index < -0.39 is 5.41 Å². The van der Waals surface area contributed by atoms with E-state index in [0.717, 1.165) is 61.8 Å². The fourth-order valence-electron chi connectivity index (χ4n) is 4.31. The summed E-state index contributed by atoms with van der Waals surface area (Å²) in [6, 6.07) is 7.86. The van der Waals surface area contributed by atoms with E-state index in [1.165, 1.54) is 4.90 Å². The maximum absolute atomic E-state index is 13.2. The zero-order valence-corrected chi connectivity index (χ0v) is 15.9. The summed E-state index contributed by atoms with van der Waals surface area (Å²) >= 11 is 0. The molecule has 140 valence electrons. The Bertz CT molecular complexity index is 709. The van der Waals surface area contributed by atoms with Gasteiger partial charge < -0.3 is 4.74 Å². The number of methoxy groups -OCH3 is 1. The van der Waals surface area contributed by atoms with E-state index in [1.54, 1.807) is 7.11 Å². The van der Waals surface area contributed by atoms with Gasteiger partial charge in [0.25, 0.3) is 5.91 Å². The van der Waals surface area contributed by atoms with Crippen LogP contribution in [-0.4, -0.2) is 30.4 Å². The van der Waals surface area contributed by atoms with Gasteiger partial charge in [-0.05, 0) is 43.4 Å². The van der Waals surface area contributed by atoms with Gasteiger partial charge in [0.2, 0.25) is 5.91 Å². The monoisotopic (exact) mass is 355 g/mol. The first-order valence-electron chi connectivity index (χ1n) is 9.82. The molecule has 2 amide bonds. The van der Waals surface area contributed by atoms with Crippen molar-refractivity contribution in [1.29, 1.82) is 0 Å². The maximum atomic E-state index is 13.2. The van der Waals surface area contributed by atoms with Crippen LogP contribution in [0.2, 0.25) is 0 Å². The number of amides is 2. The second-order valence-corrected chi connectivity index (χ2v) is 7.41. The second kappa shape index (κ2) is 8.07. The summed E-state index contributed by atoms with van der Waals surface area (Å²) in [4.78, 5) is 27.6. The Kier molecular flexibility index (Phi) is 5.80. The molecular formula is C22H29NO3. The van der Waals surface area contributed by atoms with Crippen LogP contribution in [0.3, 0.4) is 0 Å². The van der Waals surface area contributed by atoms with Crippen LogP contribution in [0.5, 0.6) is 5.75 Å². The van der Waals surface area contributed by atoms with Crippen molar-refractivity contribution in [2.45, 2.75) is 63.7 Å². The average molecular weight is 355 g/mol. The number of hydrogen-bond acceptors (Lipinski definition) is 3. The molecule has 0 N–H and O–H groups in total. The number of rotatable bonds is 7. The Morgan fingerprint density at radius 3 is 2.81 bits per heavy atom. The number of nitrogens with zero attached hydrogens (tertiary/aromatic N) is 1. The molecule has 1 aliphatic heterocycles. The summed E-state index contributed by atoms with van der Waals surface area (Å²) in [6.07, 6.45) is 9.44. The highest BCUT2D eigenvalue weighted by Crippen LogP contribution is 2.47. The molecule has 1 unspecified atom stereocenters. The van der Waals surface area contributed by atoms with Gasteiger partial charge in [-0.3, -0.25) is 14.5 Å². The summed E-state index contributed by atoms with van der Waals surface area (Å²) in [5, 5.41) is 0. The molecule has 2 aliphatic rings. The first-order chi connectivity index (χ1) is 12.6. The number of hydrogen-bond donors (Lipinski definition) is 0. The highest BCUT2D eigenvalue weighted by molar-refractivity contribution is 6.10. The fraction of sp³-hybridized carbons (Fsp3) is 0.545. The third kappa shape index (κ3) is 3.42. The topological polar surface area (TPSA) is 46.6 Å². The molecule has 1 atom stereocenters. The fourth-order valence-corrected chi connectivity index (χ4v) is 4.31. The number of unbranched alkanes of at least 4 members (excludes halogenated alkanes) is 3. The van der Waals surface area contributed by atoms with Crippen molar-refractivity contribution in [3.05, 3.63) is 41.5 Å². The van der Waals surface area contributed by atoms with Gasteiger partial charge in [-0.15, -0.1) is 0 Å². The van der Waals surface area contributed by atoms with Crippen LogP contribution < -0.4 is 4.74 Å². The molecule has 0 bridgehead atoms. The van der Waals surface area contributed by atoms with Gasteiger partial charge in [-0.2, -0.15) is 0 Å². The van der Waals surface area contributed by atoms with Crippen LogP contribution in [0.15, 0.2) is 35.9 Å². The third-order valence-corrected chi connectivity index (χ3v) is 5.76. The highest BCUT2D eigenvalue weighted by Gasteiger charge is 2.49. The first kappa shape index (κ1) is 18.7. The summed E-state index contributed by atoms with van der Waals surface area (Å²) in [5.41, 5.74) is 1.35. The molecule has 1 heterocycles. The zero-order valence-electron chi connectivity index (χ0n) is 15.9. The van der Waals surface area contributed by atoms with Crippen molar-refractivity contribution in [3.8, 4) is 5.75 Å². The number of piperidine rings is 1. The SMILES string of the molecule is CCCCCCN1C(=O)CC2(c3cccc(OC)c3)CCCC=C2C1=O. The van der Waals surface area contributed by atoms with E-state index in [2.05, 4.69) is 13.0 Å². The van der Waals surface area contributed by atoms with E-state index in [-0.39, 0.29) is 11.8 Å². The van der Waals surface area contributed by atoms with Gasteiger partial charge >= 0.3 is 0 Å². The number of likely N-dealkylation sites (tertiary alicyclic amines) is 1. The molecule has 1 aromatic carbocycles. The van der Waals surface area contributed by atoms with Crippen molar-refractivity contribution < 1.29 is 14.3 Å². The molecule has 0 saturated carbocycles. The van der Waals surface area contributed by atoms with Crippen LogP contribution in [-0.2, 0) is 15.0 Å². The van der Waals surface area contributed by atoms with Crippen molar-refractivity contribution in [2.75, 3.05) is 13.7 Å². The molecule has 1 aliphatic carbocycles. The minimum absolute atomic E-state index is 0.0339. The molecule has 3 rings (SSSR count). The molecule has 4 nitrogen and oxygen atoms in total. The molecule has 1 fully saturated rings. The molecular weight excluding hydrogens is 326 g/mol. The quantitative estimate of drug-likeness (QED) is 0.538. The average Bonchev–Trinajstić information content (AvgIpc) is 2.67. The van der Waals surface area contributed by atoms with Crippen LogP contribution in [0, 0.1) is 0 Å². The predicted octanol–water partition coefficient (Wildman–Crippen LogP) is 4.38. The molecule has 4 heteroatoms. The summed E-state index contributed by atoms with van der Waals surface area (Å²) < 4.78 is 5.37. The Morgan fingerprint density at radius 1 is 1.19 bits per heavy atom. The molecule has 0 aromatic heterocycles. The number of fused-ring (bicyclic) bond motifs is 1. The Hall–Kier alpha value is -2.10. The highest BCUT2D eigenvalue weighted by atomic mass is 16.5. The predicted molar refractivity (Wildman–Crippen MR) is 102 cm³/mol. The van der Waals surface area contributed by atoms with E-state index in [9.17, 15) is 9.59 Å². The summed E-state index contributed by atoms with van der Waals surface area (Å²) in [6.45, 7) is 2.70. The lowest BCUT2D eigenvalue weighted by molar-refractivity contribution is -0.147. The van der Waals surface area contributed by atoms with Gasteiger partial charge in [-0.25, -0.2) is 0 Å². The van der Waals surface area contributed by atoms with Crippen molar-refractivity contribution in [3.63, 3.8) is 0 Å². The number of ether oxygens (including phenoxy) is 1. The van der Waals surface area contributed by atoms with Crippen LogP contribution in [0.1, 0.15) is 63.9 Å². The lowest BCUT2D eigenvalue weighted by atomic mass is 9.63. The standard InChI is InChI=1S/C22H29NO3/c1-3-4-5-8-14-23-20(24)16-22(13-7-6-12-19(22)21(23)25)17-10-9-11-18(15-17)26-2/h9-12,15H,3-8,13-14,16H2,1-2H3. The van der Waals surface area contributed by atoms with Crippen molar-refractivity contribution >= 4 is 11.8 Å². The van der Waals surface area contributed by atoms with Crippen LogP contribution >= 0.6 is 0 Å².